The molecule has 6 heteroatoms. The number of carbonyl (C=O) groups excluding carboxylic acids is 2. The van der Waals surface area contributed by atoms with Crippen LogP contribution in [0.25, 0.3) is 10.8 Å². The molecule has 3 rings (SSSR count). The molecule has 0 aliphatic rings. The summed E-state index contributed by atoms with van der Waals surface area (Å²) in [4.78, 5) is 28.2. The Balaban J connectivity index is 1.84. The van der Waals surface area contributed by atoms with Crippen LogP contribution < -0.4 is 5.32 Å². The van der Waals surface area contributed by atoms with Gasteiger partial charge < -0.3 is 10.2 Å². The summed E-state index contributed by atoms with van der Waals surface area (Å²) in [7, 11) is 0. The second kappa shape index (κ2) is 9.61. The van der Waals surface area contributed by atoms with Crippen LogP contribution in [0.2, 0.25) is 0 Å². The molecular formula is C28H38N4O2. The summed E-state index contributed by atoms with van der Waals surface area (Å²) in [5.41, 5.74) is 1.04. The molecule has 0 fully saturated rings. The minimum Gasteiger partial charge on any atom is -0.329 e. The summed E-state index contributed by atoms with van der Waals surface area (Å²) < 4.78 is 1.85. The molecule has 1 N–H and O–H groups in total. The number of hydrogen-bond acceptors (Lipinski definition) is 3. The number of aromatic nitrogens is 2. The van der Waals surface area contributed by atoms with E-state index in [1.54, 1.807) is 4.90 Å². The first kappa shape index (κ1) is 25.5. The van der Waals surface area contributed by atoms with E-state index in [2.05, 4.69) is 46.9 Å². The maximum Gasteiger partial charge on any atom is 0.254 e. The zero-order valence-corrected chi connectivity index (χ0v) is 21.8. The Morgan fingerprint density at radius 2 is 1.62 bits per heavy atom. The highest BCUT2D eigenvalue weighted by atomic mass is 16.2. The number of anilines is 1. The Hall–Kier alpha value is -3.15. The molecule has 0 unspecified atom stereocenters. The van der Waals surface area contributed by atoms with Crippen LogP contribution in [0.5, 0.6) is 0 Å². The lowest BCUT2D eigenvalue weighted by Gasteiger charge is -2.26. The number of rotatable bonds is 6. The third-order valence-electron chi connectivity index (χ3n) is 5.58. The summed E-state index contributed by atoms with van der Waals surface area (Å²) in [6.45, 7) is 17.0. The molecule has 182 valence electrons. The minimum absolute atomic E-state index is 0.0238. The number of benzene rings is 2. The number of amides is 2. The molecule has 0 bridgehead atoms. The lowest BCUT2D eigenvalue weighted by atomic mass is 9.92. The molecule has 0 spiro atoms. The van der Waals surface area contributed by atoms with Crippen LogP contribution in [0, 0.1) is 5.92 Å². The maximum absolute atomic E-state index is 13.4. The maximum atomic E-state index is 13.4. The smallest absolute Gasteiger partial charge is 0.254 e. The highest BCUT2D eigenvalue weighted by Gasteiger charge is 2.27. The summed E-state index contributed by atoms with van der Waals surface area (Å²) >= 11 is 0. The van der Waals surface area contributed by atoms with Crippen LogP contribution in [0.15, 0.2) is 48.5 Å². The molecule has 0 saturated heterocycles. The molecule has 1 aromatic heterocycles. The SMILES string of the molecule is CC(C)CN(CC(=O)Nc1cc(C(C)(C)C)nn1C(C)(C)C)C(=O)c1ccc2ccccc2c1. The summed E-state index contributed by atoms with van der Waals surface area (Å²) in [5, 5.41) is 9.87. The van der Waals surface area contributed by atoms with Gasteiger partial charge in [0.2, 0.25) is 5.91 Å². The van der Waals surface area contributed by atoms with Gasteiger partial charge in [-0.3, -0.25) is 9.59 Å². The van der Waals surface area contributed by atoms with E-state index < -0.39 is 0 Å². The van der Waals surface area contributed by atoms with Crippen molar-refractivity contribution in [3.05, 3.63) is 59.8 Å². The fraction of sp³-hybridized carbons (Fsp3) is 0.464. The van der Waals surface area contributed by atoms with Gasteiger partial charge in [-0.2, -0.15) is 5.10 Å². The quantitative estimate of drug-likeness (QED) is 0.501. The van der Waals surface area contributed by atoms with Gasteiger partial charge >= 0.3 is 0 Å². The fourth-order valence-corrected chi connectivity index (χ4v) is 3.87. The van der Waals surface area contributed by atoms with Crippen LogP contribution >= 0.6 is 0 Å². The molecule has 0 saturated carbocycles. The van der Waals surface area contributed by atoms with Crippen LogP contribution in [-0.4, -0.2) is 39.6 Å². The molecule has 0 atom stereocenters. The Kier molecular flexibility index (Phi) is 7.20. The number of fused-ring (bicyclic) bond motifs is 1. The third kappa shape index (κ3) is 6.04. The number of hydrogen-bond donors (Lipinski definition) is 1. The molecule has 0 radical (unpaired) electrons. The van der Waals surface area contributed by atoms with E-state index in [9.17, 15) is 9.59 Å². The van der Waals surface area contributed by atoms with Gasteiger partial charge in [0.25, 0.3) is 5.91 Å². The van der Waals surface area contributed by atoms with Crippen LogP contribution in [0.3, 0.4) is 0 Å². The molecule has 6 nitrogen and oxygen atoms in total. The summed E-state index contributed by atoms with van der Waals surface area (Å²) in [5.74, 6) is 0.491. The topological polar surface area (TPSA) is 67.2 Å². The molecule has 3 aromatic rings. The molecule has 2 amide bonds. The van der Waals surface area contributed by atoms with Gasteiger partial charge in [0.15, 0.2) is 0 Å². The average molecular weight is 463 g/mol. The van der Waals surface area contributed by atoms with Crippen molar-refractivity contribution in [3.8, 4) is 0 Å². The van der Waals surface area contributed by atoms with Gasteiger partial charge in [0.05, 0.1) is 11.2 Å². The Labute approximate surface area is 203 Å². The van der Waals surface area contributed by atoms with E-state index >= 15 is 0 Å². The van der Waals surface area contributed by atoms with Crippen molar-refractivity contribution in [2.75, 3.05) is 18.4 Å². The van der Waals surface area contributed by atoms with E-state index in [4.69, 9.17) is 5.10 Å². The summed E-state index contributed by atoms with van der Waals surface area (Å²) in [6.07, 6.45) is 0. The molecule has 2 aromatic carbocycles. The molecule has 0 aliphatic carbocycles. The van der Waals surface area contributed by atoms with Crippen molar-refractivity contribution < 1.29 is 9.59 Å². The van der Waals surface area contributed by atoms with E-state index in [-0.39, 0.29) is 35.2 Å². The van der Waals surface area contributed by atoms with Crippen molar-refractivity contribution in [3.63, 3.8) is 0 Å². The summed E-state index contributed by atoms with van der Waals surface area (Å²) in [6, 6.07) is 15.6. The largest absolute Gasteiger partial charge is 0.329 e. The van der Waals surface area contributed by atoms with Gasteiger partial charge in [-0.05, 0) is 49.6 Å². The lowest BCUT2D eigenvalue weighted by molar-refractivity contribution is -0.117. The van der Waals surface area contributed by atoms with Gasteiger partial charge in [-0.15, -0.1) is 0 Å². The van der Waals surface area contributed by atoms with E-state index in [0.29, 0.717) is 17.9 Å². The van der Waals surface area contributed by atoms with Crippen molar-refractivity contribution in [1.82, 2.24) is 14.7 Å². The predicted octanol–water partition coefficient (Wildman–Crippen LogP) is 5.83. The molecular weight excluding hydrogens is 424 g/mol. The lowest BCUT2D eigenvalue weighted by Crippen LogP contribution is -2.40. The monoisotopic (exact) mass is 462 g/mol. The van der Waals surface area contributed by atoms with Crippen LogP contribution in [-0.2, 0) is 15.7 Å². The zero-order valence-electron chi connectivity index (χ0n) is 21.8. The Morgan fingerprint density at radius 1 is 0.971 bits per heavy atom. The second-order valence-corrected chi connectivity index (χ2v) is 11.4. The first-order valence-corrected chi connectivity index (χ1v) is 11.9. The van der Waals surface area contributed by atoms with Crippen molar-refractivity contribution in [2.45, 2.75) is 66.3 Å². The fourth-order valence-electron chi connectivity index (χ4n) is 3.87. The molecule has 34 heavy (non-hydrogen) atoms. The van der Waals surface area contributed by atoms with Gasteiger partial charge in [-0.1, -0.05) is 65.0 Å². The Morgan fingerprint density at radius 3 is 2.21 bits per heavy atom. The second-order valence-electron chi connectivity index (χ2n) is 11.4. The van der Waals surface area contributed by atoms with Crippen LogP contribution in [0.4, 0.5) is 5.82 Å². The highest BCUT2D eigenvalue weighted by Crippen LogP contribution is 2.28. The standard InChI is InChI=1S/C28H38N4O2/c1-19(2)17-31(26(34)22-14-13-20-11-9-10-12-21(20)15-22)18-25(33)29-24-16-23(27(3,4)5)30-32(24)28(6,7)8/h9-16,19H,17-18H2,1-8H3,(H,29,33). The van der Waals surface area contributed by atoms with Crippen molar-refractivity contribution in [2.24, 2.45) is 5.92 Å². The zero-order chi connectivity index (χ0) is 25.3. The van der Waals surface area contributed by atoms with E-state index in [1.165, 1.54) is 0 Å². The first-order chi connectivity index (χ1) is 15.8. The van der Waals surface area contributed by atoms with Gasteiger partial charge in [0.1, 0.15) is 12.4 Å². The van der Waals surface area contributed by atoms with Gasteiger partial charge in [-0.25, -0.2) is 4.68 Å². The normalized spacial score (nSPS) is 12.3. The molecule has 0 aliphatic heterocycles. The average Bonchev–Trinajstić information content (AvgIpc) is 3.17. The number of carbonyl (C=O) groups is 2. The van der Waals surface area contributed by atoms with Gasteiger partial charge in [0, 0.05) is 23.6 Å². The van der Waals surface area contributed by atoms with Crippen molar-refractivity contribution in [1.29, 1.82) is 0 Å². The Bertz CT molecular complexity index is 1180. The van der Waals surface area contributed by atoms with E-state index in [0.717, 1.165) is 16.5 Å². The minimum atomic E-state index is -0.301. The van der Waals surface area contributed by atoms with Crippen molar-refractivity contribution >= 4 is 28.4 Å². The predicted molar refractivity (Wildman–Crippen MR) is 139 cm³/mol. The molecule has 1 heterocycles. The number of nitrogens with zero attached hydrogens (tertiary/aromatic N) is 3. The highest BCUT2D eigenvalue weighted by molar-refractivity contribution is 6.01. The number of nitrogens with one attached hydrogen (secondary N) is 1. The van der Waals surface area contributed by atoms with E-state index in [1.807, 2.05) is 67.1 Å². The third-order valence-corrected chi connectivity index (χ3v) is 5.58. The van der Waals surface area contributed by atoms with Crippen LogP contribution in [0.1, 0.15) is 71.4 Å². The first-order valence-electron chi connectivity index (χ1n) is 11.9.